The predicted molar refractivity (Wildman–Crippen MR) is 88.4 cm³/mol. The van der Waals surface area contributed by atoms with Crippen LogP contribution in [0.15, 0.2) is 40.1 Å². The number of halogens is 1. The molecular formula is C14H13BrN4O2S. The highest BCUT2D eigenvalue weighted by Gasteiger charge is 2.15. The quantitative estimate of drug-likeness (QED) is 0.737. The highest BCUT2D eigenvalue weighted by Crippen LogP contribution is 2.29. The van der Waals surface area contributed by atoms with Gasteiger partial charge >= 0.3 is 0 Å². The average Bonchev–Trinajstić information content (AvgIpc) is 2.81. The van der Waals surface area contributed by atoms with Gasteiger partial charge in [0, 0.05) is 18.0 Å². The molecule has 8 heteroatoms. The Bertz CT molecular complexity index is 995. The van der Waals surface area contributed by atoms with Gasteiger partial charge in [0.15, 0.2) is 21.3 Å². The summed E-state index contributed by atoms with van der Waals surface area (Å²) < 4.78 is 25.9. The molecule has 0 aliphatic rings. The lowest BCUT2D eigenvalue weighted by molar-refractivity contribution is 0.602. The Hall–Kier alpha value is -1.93. The van der Waals surface area contributed by atoms with Crippen molar-refractivity contribution in [1.82, 2.24) is 14.4 Å². The Balaban J connectivity index is 2.33. The Morgan fingerprint density at radius 1 is 1.32 bits per heavy atom. The van der Waals surface area contributed by atoms with Crippen LogP contribution in [0.3, 0.4) is 0 Å². The molecule has 0 saturated heterocycles. The van der Waals surface area contributed by atoms with E-state index in [-0.39, 0.29) is 4.90 Å². The standard InChI is InChI=1S/C14H13BrN4O2S/c1-8-3-4-9(22(2,20)21)5-10(8)11-6-17-14-13(16)18-12(15)7-19(11)14/h3-7H,1-2H3,(H2,16,18). The Morgan fingerprint density at radius 2 is 2.05 bits per heavy atom. The molecule has 0 aliphatic carbocycles. The number of nitrogens with zero attached hydrogens (tertiary/aromatic N) is 3. The van der Waals surface area contributed by atoms with Crippen LogP contribution < -0.4 is 5.73 Å². The number of anilines is 1. The molecule has 22 heavy (non-hydrogen) atoms. The number of aromatic nitrogens is 3. The van der Waals surface area contributed by atoms with Gasteiger partial charge in [0.1, 0.15) is 4.60 Å². The van der Waals surface area contributed by atoms with Crippen LogP contribution in [0.25, 0.3) is 16.9 Å². The number of benzene rings is 1. The van der Waals surface area contributed by atoms with Crippen LogP contribution in [-0.2, 0) is 9.84 Å². The first kappa shape index (κ1) is 15.0. The normalized spacial score (nSPS) is 12.0. The second-order valence-electron chi connectivity index (χ2n) is 5.03. The van der Waals surface area contributed by atoms with Gasteiger partial charge in [-0.3, -0.25) is 4.40 Å². The van der Waals surface area contributed by atoms with Crippen molar-refractivity contribution >= 4 is 37.2 Å². The first-order valence-electron chi connectivity index (χ1n) is 6.37. The number of aryl methyl sites for hydroxylation is 1. The molecule has 0 atom stereocenters. The van der Waals surface area contributed by atoms with Crippen molar-refractivity contribution in [2.24, 2.45) is 0 Å². The number of sulfone groups is 1. The molecule has 6 nitrogen and oxygen atoms in total. The lowest BCUT2D eigenvalue weighted by Crippen LogP contribution is -2.00. The van der Waals surface area contributed by atoms with Gasteiger partial charge in [0.2, 0.25) is 0 Å². The van der Waals surface area contributed by atoms with Crippen molar-refractivity contribution in [3.63, 3.8) is 0 Å². The summed E-state index contributed by atoms with van der Waals surface area (Å²) in [5, 5.41) is 0. The maximum Gasteiger partial charge on any atom is 0.180 e. The summed E-state index contributed by atoms with van der Waals surface area (Å²) in [6.45, 7) is 1.92. The van der Waals surface area contributed by atoms with Crippen LogP contribution in [0.2, 0.25) is 0 Å². The molecule has 0 aliphatic heterocycles. The summed E-state index contributed by atoms with van der Waals surface area (Å²) in [6, 6.07) is 5.03. The highest BCUT2D eigenvalue weighted by molar-refractivity contribution is 9.10. The lowest BCUT2D eigenvalue weighted by atomic mass is 10.1. The van der Waals surface area contributed by atoms with Crippen LogP contribution >= 0.6 is 15.9 Å². The van der Waals surface area contributed by atoms with E-state index < -0.39 is 9.84 Å². The summed E-state index contributed by atoms with van der Waals surface area (Å²) in [5.74, 6) is 0.303. The van der Waals surface area contributed by atoms with Crippen LogP contribution in [0, 0.1) is 6.92 Å². The summed E-state index contributed by atoms with van der Waals surface area (Å²) in [4.78, 5) is 8.64. The van der Waals surface area contributed by atoms with E-state index >= 15 is 0 Å². The number of nitrogens with two attached hydrogens (primary N) is 1. The Morgan fingerprint density at radius 3 is 2.73 bits per heavy atom. The molecule has 0 saturated carbocycles. The van der Waals surface area contributed by atoms with E-state index in [1.54, 1.807) is 35.0 Å². The van der Waals surface area contributed by atoms with E-state index in [1.165, 1.54) is 6.26 Å². The third-order valence-electron chi connectivity index (χ3n) is 3.40. The van der Waals surface area contributed by atoms with Crippen molar-refractivity contribution in [3.05, 3.63) is 40.8 Å². The molecular weight excluding hydrogens is 368 g/mol. The molecule has 2 N–H and O–H groups in total. The second kappa shape index (κ2) is 5.06. The largest absolute Gasteiger partial charge is 0.381 e. The van der Waals surface area contributed by atoms with Gasteiger partial charge in [-0.1, -0.05) is 6.07 Å². The van der Waals surface area contributed by atoms with E-state index in [1.807, 2.05) is 6.92 Å². The van der Waals surface area contributed by atoms with Gasteiger partial charge in [-0.2, -0.15) is 0 Å². The number of imidazole rings is 1. The monoisotopic (exact) mass is 380 g/mol. The maximum atomic E-state index is 11.8. The number of hydrogen-bond donors (Lipinski definition) is 1. The predicted octanol–water partition coefficient (Wildman–Crippen LogP) is 2.45. The highest BCUT2D eigenvalue weighted by atomic mass is 79.9. The molecule has 3 rings (SSSR count). The molecule has 0 unspecified atom stereocenters. The first-order chi connectivity index (χ1) is 10.3. The van der Waals surface area contributed by atoms with Crippen molar-refractivity contribution in [2.75, 3.05) is 12.0 Å². The molecule has 0 bridgehead atoms. The molecule has 3 aromatic rings. The molecule has 0 radical (unpaired) electrons. The van der Waals surface area contributed by atoms with Crippen LogP contribution in [-0.4, -0.2) is 29.0 Å². The zero-order valence-electron chi connectivity index (χ0n) is 11.9. The van der Waals surface area contributed by atoms with Crippen molar-refractivity contribution in [1.29, 1.82) is 0 Å². The van der Waals surface area contributed by atoms with Crippen molar-refractivity contribution in [2.45, 2.75) is 11.8 Å². The smallest absolute Gasteiger partial charge is 0.180 e. The van der Waals surface area contributed by atoms with Gasteiger partial charge in [0.25, 0.3) is 0 Å². The number of nitrogen functional groups attached to an aromatic ring is 1. The summed E-state index contributed by atoms with van der Waals surface area (Å²) in [6.07, 6.45) is 4.60. The van der Waals surface area contributed by atoms with Gasteiger partial charge in [-0.15, -0.1) is 0 Å². The van der Waals surface area contributed by atoms with E-state index in [9.17, 15) is 8.42 Å². The zero-order chi connectivity index (χ0) is 16.1. The summed E-state index contributed by atoms with van der Waals surface area (Å²) in [7, 11) is -3.28. The summed E-state index contributed by atoms with van der Waals surface area (Å²) >= 11 is 3.30. The molecule has 2 aromatic heterocycles. The minimum atomic E-state index is -3.28. The third-order valence-corrected chi connectivity index (χ3v) is 4.89. The zero-order valence-corrected chi connectivity index (χ0v) is 14.3. The Labute approximate surface area is 136 Å². The van der Waals surface area contributed by atoms with Gasteiger partial charge in [-0.05, 0) is 40.5 Å². The number of rotatable bonds is 2. The minimum Gasteiger partial charge on any atom is -0.381 e. The van der Waals surface area contributed by atoms with E-state index in [2.05, 4.69) is 25.9 Å². The lowest BCUT2D eigenvalue weighted by Gasteiger charge is -2.09. The van der Waals surface area contributed by atoms with Gasteiger partial charge in [0.05, 0.1) is 16.8 Å². The van der Waals surface area contributed by atoms with Gasteiger partial charge in [-0.25, -0.2) is 18.4 Å². The van der Waals surface area contributed by atoms with Crippen LogP contribution in [0.5, 0.6) is 0 Å². The maximum absolute atomic E-state index is 11.8. The molecule has 0 fully saturated rings. The topological polar surface area (TPSA) is 90.3 Å². The van der Waals surface area contributed by atoms with E-state index in [0.717, 1.165) is 16.8 Å². The SMILES string of the molecule is Cc1ccc(S(C)(=O)=O)cc1-c1cnc2c(N)nc(Br)cn12. The first-order valence-corrected chi connectivity index (χ1v) is 9.06. The van der Waals surface area contributed by atoms with Crippen molar-refractivity contribution < 1.29 is 8.42 Å². The molecule has 0 spiro atoms. The molecule has 1 aromatic carbocycles. The minimum absolute atomic E-state index is 0.268. The molecule has 114 valence electrons. The fourth-order valence-corrected chi connectivity index (χ4v) is 3.33. The van der Waals surface area contributed by atoms with Crippen LogP contribution in [0.4, 0.5) is 5.82 Å². The fourth-order valence-electron chi connectivity index (χ4n) is 2.29. The van der Waals surface area contributed by atoms with Crippen molar-refractivity contribution in [3.8, 4) is 11.3 Å². The summed E-state index contributed by atoms with van der Waals surface area (Å²) in [5.41, 5.74) is 8.88. The number of fused-ring (bicyclic) bond motifs is 1. The Kier molecular flexibility index (Phi) is 3.45. The second-order valence-corrected chi connectivity index (χ2v) is 7.86. The third kappa shape index (κ3) is 2.48. The molecule has 2 heterocycles. The average molecular weight is 381 g/mol. The molecule has 0 amide bonds. The fraction of sp³-hybridized carbons (Fsp3) is 0.143. The van der Waals surface area contributed by atoms with E-state index in [0.29, 0.717) is 16.1 Å². The van der Waals surface area contributed by atoms with Gasteiger partial charge < -0.3 is 5.73 Å². The van der Waals surface area contributed by atoms with Crippen LogP contribution in [0.1, 0.15) is 5.56 Å². The van der Waals surface area contributed by atoms with E-state index in [4.69, 9.17) is 5.73 Å². The number of hydrogen-bond acceptors (Lipinski definition) is 5.